The molecule has 13 rings (SSSR count). The van der Waals surface area contributed by atoms with Crippen molar-refractivity contribution in [1.82, 2.24) is 9.13 Å². The fourth-order valence-corrected chi connectivity index (χ4v) is 10.0. The van der Waals surface area contributed by atoms with Crippen molar-refractivity contribution < 1.29 is 0 Å². The van der Waals surface area contributed by atoms with Gasteiger partial charge in [0.1, 0.15) is 0 Å². The van der Waals surface area contributed by atoms with E-state index in [0.717, 1.165) is 11.4 Å². The van der Waals surface area contributed by atoms with Gasteiger partial charge in [-0.15, -0.1) is 0 Å². The number of hydrogen-bond donors (Lipinski definition) is 0. The van der Waals surface area contributed by atoms with Gasteiger partial charge in [-0.1, -0.05) is 152 Å². The summed E-state index contributed by atoms with van der Waals surface area (Å²) in [6.45, 7) is 0. The van der Waals surface area contributed by atoms with Crippen LogP contribution in [0.15, 0.2) is 194 Å². The summed E-state index contributed by atoms with van der Waals surface area (Å²) in [5.74, 6) is 0. The van der Waals surface area contributed by atoms with E-state index in [0.29, 0.717) is 0 Å². The highest BCUT2D eigenvalue weighted by molar-refractivity contribution is 6.34. The highest BCUT2D eigenvalue weighted by Crippen LogP contribution is 2.44. The number of para-hydroxylation sites is 2. The Kier molecular flexibility index (Phi) is 5.92. The lowest BCUT2D eigenvalue weighted by atomic mass is 9.92. The molecule has 11 aromatic carbocycles. The van der Waals surface area contributed by atoms with Crippen LogP contribution < -0.4 is 0 Å². The maximum atomic E-state index is 2.46. The predicted molar refractivity (Wildman–Crippen MR) is 239 cm³/mol. The van der Waals surface area contributed by atoms with Crippen LogP contribution in [0.2, 0.25) is 0 Å². The summed E-state index contributed by atoms with van der Waals surface area (Å²) in [5.41, 5.74) is 9.65. The second kappa shape index (κ2) is 11.1. The number of rotatable bonds is 3. The second-order valence-corrected chi connectivity index (χ2v) is 15.2. The zero-order valence-electron chi connectivity index (χ0n) is 30.4. The zero-order valence-corrected chi connectivity index (χ0v) is 30.4. The third-order valence-corrected chi connectivity index (χ3v) is 12.4. The van der Waals surface area contributed by atoms with E-state index in [-0.39, 0.29) is 0 Å². The average molecular weight is 709 g/mol. The van der Waals surface area contributed by atoms with Gasteiger partial charge in [0.15, 0.2) is 0 Å². The van der Waals surface area contributed by atoms with Gasteiger partial charge >= 0.3 is 0 Å². The topological polar surface area (TPSA) is 9.86 Å². The molecule has 0 spiro atoms. The molecule has 0 saturated heterocycles. The van der Waals surface area contributed by atoms with Crippen LogP contribution in [0, 0.1) is 0 Å². The Hall–Kier alpha value is -7.42. The fraction of sp³-hybridized carbons (Fsp3) is 0. The van der Waals surface area contributed by atoms with Crippen molar-refractivity contribution in [3.05, 3.63) is 194 Å². The van der Waals surface area contributed by atoms with Crippen molar-refractivity contribution in [2.45, 2.75) is 0 Å². The summed E-state index contributed by atoms with van der Waals surface area (Å²) in [7, 11) is 0. The molecule has 2 aromatic heterocycles. The summed E-state index contributed by atoms with van der Waals surface area (Å²) in [6, 6.07) is 71.9. The first-order valence-corrected chi connectivity index (χ1v) is 19.4. The van der Waals surface area contributed by atoms with Gasteiger partial charge in [0, 0.05) is 38.3 Å². The minimum Gasteiger partial charge on any atom is -0.309 e. The molecule has 0 unspecified atom stereocenters. The second-order valence-electron chi connectivity index (χ2n) is 15.2. The Bertz CT molecular complexity index is 3720. The highest BCUT2D eigenvalue weighted by atomic mass is 15.0. The van der Waals surface area contributed by atoms with Gasteiger partial charge in [0.05, 0.1) is 22.1 Å². The Labute approximate surface area is 322 Å². The van der Waals surface area contributed by atoms with Gasteiger partial charge in [0.2, 0.25) is 0 Å². The van der Waals surface area contributed by atoms with Crippen LogP contribution in [0.3, 0.4) is 0 Å². The van der Waals surface area contributed by atoms with Gasteiger partial charge in [-0.2, -0.15) is 0 Å². The third-order valence-electron chi connectivity index (χ3n) is 12.4. The molecule has 0 aliphatic rings. The quantitative estimate of drug-likeness (QED) is 0.162. The van der Waals surface area contributed by atoms with Crippen LogP contribution in [-0.4, -0.2) is 9.13 Å². The molecule has 0 saturated carbocycles. The SMILES string of the molecule is c1cc2ccc3cc4c(c5ccc(c1)c2c35)c1ccccc1n4-c1ccc(-c2ccc(-n3c4ccccc4c4c5ccccc5c5ccccc5c43)cc2)cc1. The number of hydrogen-bond acceptors (Lipinski definition) is 0. The van der Waals surface area contributed by atoms with Crippen LogP contribution in [0.25, 0.3) is 120 Å². The molecule has 2 nitrogen and oxygen atoms in total. The van der Waals surface area contributed by atoms with Crippen molar-refractivity contribution >= 4 is 97.5 Å². The molecule has 0 N–H and O–H groups in total. The van der Waals surface area contributed by atoms with Crippen LogP contribution >= 0.6 is 0 Å². The molecule has 2 heteroatoms. The van der Waals surface area contributed by atoms with E-state index in [9.17, 15) is 0 Å². The Morgan fingerprint density at radius 3 is 1.43 bits per heavy atom. The first kappa shape index (κ1) is 30.0. The number of benzene rings is 11. The summed E-state index contributed by atoms with van der Waals surface area (Å²) in [6.07, 6.45) is 0. The molecule has 0 aliphatic heterocycles. The lowest BCUT2D eigenvalue weighted by Crippen LogP contribution is -1.95. The Morgan fingerprint density at radius 1 is 0.250 bits per heavy atom. The number of aromatic nitrogens is 2. The molecule has 0 amide bonds. The van der Waals surface area contributed by atoms with Gasteiger partial charge in [-0.25, -0.2) is 0 Å². The standard InChI is InChI=1S/C54H32N2/c1-3-14-42-40(12-1)41-13-2-4-15-43(41)54-53(42)45-17-6-8-19-48(45)56(54)39-29-24-34(25-30-39)33-22-27-38(28-23-33)55-47-18-7-5-16-44(47)52-46-31-26-36-11-9-10-35-20-21-37(32-49(52)55)51(46)50(35)36/h1-32H. The van der Waals surface area contributed by atoms with E-state index < -0.39 is 0 Å². The maximum absolute atomic E-state index is 2.46. The van der Waals surface area contributed by atoms with E-state index in [1.54, 1.807) is 0 Å². The van der Waals surface area contributed by atoms with E-state index in [2.05, 4.69) is 203 Å². The molecular formula is C54H32N2. The summed E-state index contributed by atoms with van der Waals surface area (Å²) >= 11 is 0. The minimum atomic E-state index is 1.16. The Balaban J connectivity index is 0.956. The van der Waals surface area contributed by atoms with E-state index in [1.807, 2.05) is 0 Å². The van der Waals surface area contributed by atoms with Crippen molar-refractivity contribution in [2.75, 3.05) is 0 Å². The fourth-order valence-electron chi connectivity index (χ4n) is 10.0. The smallest absolute Gasteiger partial charge is 0.0625 e. The largest absolute Gasteiger partial charge is 0.309 e. The van der Waals surface area contributed by atoms with Gasteiger partial charge in [-0.05, 0) is 102 Å². The molecule has 258 valence electrons. The molecule has 2 heterocycles. The predicted octanol–water partition coefficient (Wildman–Crippen LogP) is 14.8. The lowest BCUT2D eigenvalue weighted by molar-refractivity contribution is 1.18. The Morgan fingerprint density at radius 2 is 0.750 bits per heavy atom. The zero-order chi connectivity index (χ0) is 36.5. The van der Waals surface area contributed by atoms with Gasteiger partial charge in [-0.3, -0.25) is 0 Å². The molecule has 0 fully saturated rings. The first-order chi connectivity index (χ1) is 27.8. The average Bonchev–Trinajstić information content (AvgIpc) is 3.79. The number of nitrogens with zero attached hydrogens (tertiary/aromatic N) is 2. The molecule has 0 radical (unpaired) electrons. The van der Waals surface area contributed by atoms with Crippen molar-refractivity contribution in [1.29, 1.82) is 0 Å². The van der Waals surface area contributed by atoms with Crippen LogP contribution in [0.5, 0.6) is 0 Å². The minimum absolute atomic E-state index is 1.16. The van der Waals surface area contributed by atoms with Gasteiger partial charge < -0.3 is 9.13 Å². The van der Waals surface area contributed by atoms with Crippen LogP contribution in [0.1, 0.15) is 0 Å². The summed E-state index contributed by atoms with van der Waals surface area (Å²) in [5, 5.41) is 18.2. The van der Waals surface area contributed by atoms with E-state index in [4.69, 9.17) is 0 Å². The molecular weight excluding hydrogens is 677 g/mol. The molecule has 0 aliphatic carbocycles. The van der Waals surface area contributed by atoms with E-state index in [1.165, 1.54) is 109 Å². The molecule has 0 atom stereocenters. The van der Waals surface area contributed by atoms with Crippen LogP contribution in [-0.2, 0) is 0 Å². The van der Waals surface area contributed by atoms with Crippen molar-refractivity contribution in [3.8, 4) is 22.5 Å². The monoisotopic (exact) mass is 708 g/mol. The molecule has 0 bridgehead atoms. The van der Waals surface area contributed by atoms with Crippen LogP contribution in [0.4, 0.5) is 0 Å². The van der Waals surface area contributed by atoms with Crippen molar-refractivity contribution in [2.24, 2.45) is 0 Å². The maximum Gasteiger partial charge on any atom is 0.0625 e. The third kappa shape index (κ3) is 3.95. The molecule has 56 heavy (non-hydrogen) atoms. The highest BCUT2D eigenvalue weighted by Gasteiger charge is 2.20. The van der Waals surface area contributed by atoms with E-state index >= 15 is 0 Å². The van der Waals surface area contributed by atoms with Crippen molar-refractivity contribution in [3.63, 3.8) is 0 Å². The number of fused-ring (bicyclic) bond motifs is 12. The van der Waals surface area contributed by atoms with Gasteiger partial charge in [0.25, 0.3) is 0 Å². The lowest BCUT2D eigenvalue weighted by Gasteiger charge is -2.14. The summed E-state index contributed by atoms with van der Waals surface area (Å²) < 4.78 is 4.91. The first-order valence-electron chi connectivity index (χ1n) is 19.4. The normalized spacial score (nSPS) is 12.3. The summed E-state index contributed by atoms with van der Waals surface area (Å²) in [4.78, 5) is 0. The molecule has 13 aromatic rings.